The number of rotatable bonds is 3. The largest absolute Gasteiger partial charge is 0.388 e. The van der Waals surface area contributed by atoms with Gasteiger partial charge in [0, 0.05) is 17.1 Å². The van der Waals surface area contributed by atoms with Gasteiger partial charge in [-0.2, -0.15) is 0 Å². The second kappa shape index (κ2) is 4.87. The van der Waals surface area contributed by atoms with Crippen molar-refractivity contribution >= 4 is 16.8 Å². The van der Waals surface area contributed by atoms with Gasteiger partial charge in [0.1, 0.15) is 0 Å². The number of pyridine rings is 1. The molecule has 0 atom stereocenters. The van der Waals surface area contributed by atoms with Crippen molar-refractivity contribution in [2.75, 3.05) is 0 Å². The molecule has 1 amide bonds. The van der Waals surface area contributed by atoms with Crippen LogP contribution in [0.15, 0.2) is 36.5 Å². The van der Waals surface area contributed by atoms with E-state index >= 15 is 0 Å². The lowest BCUT2D eigenvalue weighted by Crippen LogP contribution is -2.57. The monoisotopic (exact) mass is 272 g/mol. The van der Waals surface area contributed by atoms with E-state index in [-0.39, 0.29) is 5.91 Å². The summed E-state index contributed by atoms with van der Waals surface area (Å²) < 4.78 is 0. The van der Waals surface area contributed by atoms with Crippen LogP contribution < -0.4 is 5.32 Å². The SMILES string of the molecule is CC(C)(O)C(C)(C)NC(=O)c1ccc2ncccc2c1. The van der Waals surface area contributed by atoms with Gasteiger partial charge in [-0.25, -0.2) is 0 Å². The molecule has 20 heavy (non-hydrogen) atoms. The first-order valence-electron chi connectivity index (χ1n) is 6.60. The highest BCUT2D eigenvalue weighted by atomic mass is 16.3. The molecular formula is C16H20N2O2. The van der Waals surface area contributed by atoms with Crippen LogP contribution in [0, 0.1) is 0 Å². The number of carbonyl (C=O) groups excluding carboxylic acids is 1. The number of aromatic nitrogens is 1. The smallest absolute Gasteiger partial charge is 0.251 e. The Hall–Kier alpha value is -1.94. The summed E-state index contributed by atoms with van der Waals surface area (Å²) in [5.41, 5.74) is -0.330. The lowest BCUT2D eigenvalue weighted by molar-refractivity contribution is -0.00292. The third-order valence-corrected chi connectivity index (χ3v) is 3.82. The van der Waals surface area contributed by atoms with E-state index in [2.05, 4.69) is 10.3 Å². The normalized spacial score (nSPS) is 12.4. The zero-order valence-electron chi connectivity index (χ0n) is 12.3. The maximum atomic E-state index is 12.3. The molecule has 0 radical (unpaired) electrons. The minimum atomic E-state index is -1.01. The van der Waals surface area contributed by atoms with Crippen LogP contribution in [-0.2, 0) is 0 Å². The van der Waals surface area contributed by atoms with Gasteiger partial charge in [-0.05, 0) is 52.0 Å². The van der Waals surface area contributed by atoms with E-state index < -0.39 is 11.1 Å². The van der Waals surface area contributed by atoms with Gasteiger partial charge in [0.2, 0.25) is 0 Å². The molecule has 0 bridgehead atoms. The van der Waals surface area contributed by atoms with E-state index in [0.29, 0.717) is 5.56 Å². The molecule has 0 spiro atoms. The number of nitrogens with zero attached hydrogens (tertiary/aromatic N) is 1. The highest BCUT2D eigenvalue weighted by Crippen LogP contribution is 2.21. The molecule has 0 saturated heterocycles. The van der Waals surface area contributed by atoms with Gasteiger partial charge in [-0.15, -0.1) is 0 Å². The standard InChI is InChI=1S/C16H20N2O2/c1-15(2,16(3,4)20)18-14(19)12-7-8-13-11(10-12)6-5-9-17-13/h5-10,20H,1-4H3,(H,18,19). The third-order valence-electron chi connectivity index (χ3n) is 3.82. The number of hydrogen-bond acceptors (Lipinski definition) is 3. The zero-order chi connectivity index (χ0) is 15.0. The predicted octanol–water partition coefficient (Wildman–Crippen LogP) is 2.51. The van der Waals surface area contributed by atoms with Gasteiger partial charge in [0.25, 0.3) is 5.91 Å². The van der Waals surface area contributed by atoms with Crippen molar-refractivity contribution in [1.82, 2.24) is 10.3 Å². The summed E-state index contributed by atoms with van der Waals surface area (Å²) in [6, 6.07) is 9.12. The molecule has 1 aromatic heterocycles. The molecule has 4 heteroatoms. The van der Waals surface area contributed by atoms with Crippen molar-refractivity contribution in [2.24, 2.45) is 0 Å². The Morgan fingerprint density at radius 3 is 2.55 bits per heavy atom. The minimum Gasteiger partial charge on any atom is -0.388 e. The van der Waals surface area contributed by atoms with Crippen LogP contribution in [0.5, 0.6) is 0 Å². The number of benzene rings is 1. The molecular weight excluding hydrogens is 252 g/mol. The van der Waals surface area contributed by atoms with Crippen LogP contribution in [0.4, 0.5) is 0 Å². The van der Waals surface area contributed by atoms with Crippen molar-refractivity contribution in [3.05, 3.63) is 42.1 Å². The molecule has 0 fully saturated rings. The van der Waals surface area contributed by atoms with Gasteiger partial charge in [-0.3, -0.25) is 9.78 Å². The average molecular weight is 272 g/mol. The summed E-state index contributed by atoms with van der Waals surface area (Å²) in [5, 5.41) is 13.9. The Labute approximate surface area is 118 Å². The summed E-state index contributed by atoms with van der Waals surface area (Å²) in [7, 11) is 0. The first kappa shape index (κ1) is 14.5. The molecule has 0 unspecified atom stereocenters. The Balaban J connectivity index is 2.28. The lowest BCUT2D eigenvalue weighted by Gasteiger charge is -2.38. The van der Waals surface area contributed by atoms with Crippen LogP contribution in [0.3, 0.4) is 0 Å². The Kier molecular flexibility index (Phi) is 3.52. The maximum Gasteiger partial charge on any atom is 0.251 e. The van der Waals surface area contributed by atoms with E-state index in [9.17, 15) is 9.90 Å². The Morgan fingerprint density at radius 2 is 1.90 bits per heavy atom. The van der Waals surface area contributed by atoms with Crippen LogP contribution in [-0.4, -0.2) is 27.1 Å². The van der Waals surface area contributed by atoms with Crippen LogP contribution >= 0.6 is 0 Å². The van der Waals surface area contributed by atoms with Crippen molar-refractivity contribution in [3.63, 3.8) is 0 Å². The van der Waals surface area contributed by atoms with E-state index in [0.717, 1.165) is 10.9 Å². The first-order chi connectivity index (χ1) is 9.21. The van der Waals surface area contributed by atoms with Crippen LogP contribution in [0.1, 0.15) is 38.1 Å². The highest BCUT2D eigenvalue weighted by molar-refractivity contribution is 5.98. The summed E-state index contributed by atoms with van der Waals surface area (Å²) in [4.78, 5) is 16.5. The highest BCUT2D eigenvalue weighted by Gasteiger charge is 2.36. The van der Waals surface area contributed by atoms with Crippen LogP contribution in [0.25, 0.3) is 10.9 Å². The van der Waals surface area contributed by atoms with Gasteiger partial charge >= 0.3 is 0 Å². The number of carbonyl (C=O) groups is 1. The molecule has 0 saturated carbocycles. The quantitative estimate of drug-likeness (QED) is 0.902. The maximum absolute atomic E-state index is 12.3. The van der Waals surface area contributed by atoms with Gasteiger partial charge in [0.05, 0.1) is 16.7 Å². The fourth-order valence-electron chi connectivity index (χ4n) is 1.73. The fourth-order valence-corrected chi connectivity index (χ4v) is 1.73. The Bertz CT molecular complexity index is 642. The van der Waals surface area contributed by atoms with E-state index in [4.69, 9.17) is 0 Å². The summed E-state index contributed by atoms with van der Waals surface area (Å²) in [5.74, 6) is -0.206. The second-order valence-corrected chi connectivity index (χ2v) is 6.05. The summed E-state index contributed by atoms with van der Waals surface area (Å²) in [6.45, 7) is 6.95. The number of aliphatic hydroxyl groups is 1. The number of nitrogens with one attached hydrogen (secondary N) is 1. The summed E-state index contributed by atoms with van der Waals surface area (Å²) in [6.07, 6.45) is 1.72. The molecule has 2 aromatic rings. The van der Waals surface area contributed by atoms with Gasteiger partial charge in [0.15, 0.2) is 0 Å². The van der Waals surface area contributed by atoms with Crippen molar-refractivity contribution < 1.29 is 9.90 Å². The molecule has 1 aromatic carbocycles. The molecule has 2 N–H and O–H groups in total. The van der Waals surface area contributed by atoms with Gasteiger partial charge < -0.3 is 10.4 Å². The average Bonchev–Trinajstić information content (AvgIpc) is 2.36. The van der Waals surface area contributed by atoms with E-state index in [1.54, 1.807) is 46.0 Å². The number of fused-ring (bicyclic) bond motifs is 1. The van der Waals surface area contributed by atoms with Crippen LogP contribution in [0.2, 0.25) is 0 Å². The topological polar surface area (TPSA) is 62.2 Å². The van der Waals surface area contributed by atoms with Crippen molar-refractivity contribution in [1.29, 1.82) is 0 Å². The lowest BCUT2D eigenvalue weighted by atomic mass is 9.85. The second-order valence-electron chi connectivity index (χ2n) is 6.05. The molecule has 106 valence electrons. The molecule has 2 rings (SSSR count). The predicted molar refractivity (Wildman–Crippen MR) is 79.6 cm³/mol. The molecule has 4 nitrogen and oxygen atoms in total. The van der Waals surface area contributed by atoms with Crippen molar-refractivity contribution in [3.8, 4) is 0 Å². The van der Waals surface area contributed by atoms with Gasteiger partial charge in [-0.1, -0.05) is 6.07 Å². The zero-order valence-corrected chi connectivity index (χ0v) is 12.3. The number of hydrogen-bond donors (Lipinski definition) is 2. The van der Waals surface area contributed by atoms with Crippen molar-refractivity contribution in [2.45, 2.75) is 38.8 Å². The third kappa shape index (κ3) is 2.80. The van der Waals surface area contributed by atoms with E-state index in [1.807, 2.05) is 18.2 Å². The minimum absolute atomic E-state index is 0.206. The molecule has 0 aliphatic rings. The first-order valence-corrected chi connectivity index (χ1v) is 6.60. The molecule has 0 aliphatic carbocycles. The fraction of sp³-hybridized carbons (Fsp3) is 0.375. The Morgan fingerprint density at radius 1 is 1.20 bits per heavy atom. The van der Waals surface area contributed by atoms with E-state index in [1.165, 1.54) is 0 Å². The molecule has 0 aliphatic heterocycles. The molecule has 1 heterocycles. The summed E-state index contributed by atoms with van der Waals surface area (Å²) >= 11 is 0. The number of amides is 1.